The lowest BCUT2D eigenvalue weighted by Crippen LogP contribution is -2.16. The van der Waals surface area contributed by atoms with Gasteiger partial charge in [0.05, 0.1) is 29.8 Å². The quantitative estimate of drug-likeness (QED) is 0.575. The second-order valence-electron chi connectivity index (χ2n) is 6.80. The Morgan fingerprint density at radius 1 is 0.871 bits per heavy atom. The monoisotopic (exact) mass is 442 g/mol. The molecule has 0 spiro atoms. The van der Waals surface area contributed by atoms with Gasteiger partial charge in [-0.05, 0) is 42.3 Å². The molecular weight excluding hydrogens is 426 g/mol. The normalized spacial score (nSPS) is 12.1. The molecule has 0 unspecified atom stereocenters. The zero-order valence-corrected chi connectivity index (χ0v) is 16.1. The van der Waals surface area contributed by atoms with Crippen molar-refractivity contribution in [2.75, 3.05) is 5.32 Å². The van der Waals surface area contributed by atoms with E-state index in [0.717, 1.165) is 24.3 Å². The standard InChI is InChI=1S/C20H16F6N4O/c1-12-18(27-17(31)10-13-2-6-15(7-3-13)19(21,22)23)28-29-30(12)11-14-4-8-16(9-5-14)20(24,25)26/h2-9H,10-11H2,1H3,(H,27,31). The number of hydrogen-bond acceptors (Lipinski definition) is 3. The molecule has 1 amide bonds. The molecule has 1 aromatic heterocycles. The molecule has 0 aliphatic rings. The SMILES string of the molecule is Cc1c(NC(=O)Cc2ccc(C(F)(F)F)cc2)nnn1Cc1ccc(C(F)(F)F)cc1. The smallest absolute Gasteiger partial charge is 0.307 e. The molecule has 164 valence electrons. The molecule has 0 aliphatic carbocycles. The third-order valence-electron chi connectivity index (χ3n) is 4.50. The molecule has 0 bridgehead atoms. The number of benzene rings is 2. The van der Waals surface area contributed by atoms with Crippen LogP contribution in [0.3, 0.4) is 0 Å². The van der Waals surface area contributed by atoms with Crippen LogP contribution in [-0.4, -0.2) is 20.9 Å². The van der Waals surface area contributed by atoms with Gasteiger partial charge >= 0.3 is 12.4 Å². The lowest BCUT2D eigenvalue weighted by Gasteiger charge is -2.09. The van der Waals surface area contributed by atoms with E-state index in [9.17, 15) is 31.1 Å². The van der Waals surface area contributed by atoms with Crippen molar-refractivity contribution in [2.24, 2.45) is 0 Å². The number of carbonyl (C=O) groups is 1. The van der Waals surface area contributed by atoms with E-state index >= 15 is 0 Å². The van der Waals surface area contributed by atoms with Crippen LogP contribution in [0, 0.1) is 6.92 Å². The van der Waals surface area contributed by atoms with Crippen LogP contribution in [-0.2, 0) is 30.1 Å². The number of aromatic nitrogens is 3. The summed E-state index contributed by atoms with van der Waals surface area (Å²) in [5, 5.41) is 10.3. The highest BCUT2D eigenvalue weighted by Crippen LogP contribution is 2.30. The van der Waals surface area contributed by atoms with Crippen LogP contribution in [0.25, 0.3) is 0 Å². The van der Waals surface area contributed by atoms with Gasteiger partial charge in [-0.25, -0.2) is 4.68 Å². The van der Waals surface area contributed by atoms with Gasteiger partial charge in [-0.3, -0.25) is 4.79 Å². The van der Waals surface area contributed by atoms with Crippen molar-refractivity contribution < 1.29 is 31.1 Å². The summed E-state index contributed by atoms with van der Waals surface area (Å²) in [4.78, 5) is 12.2. The first-order chi connectivity index (χ1) is 14.4. The van der Waals surface area contributed by atoms with Crippen molar-refractivity contribution in [2.45, 2.75) is 32.2 Å². The minimum atomic E-state index is -4.45. The van der Waals surface area contributed by atoms with Gasteiger partial charge in [0.25, 0.3) is 0 Å². The highest BCUT2D eigenvalue weighted by molar-refractivity contribution is 5.91. The average Bonchev–Trinajstić information content (AvgIpc) is 3.01. The molecule has 11 heteroatoms. The van der Waals surface area contributed by atoms with E-state index in [1.165, 1.54) is 28.9 Å². The molecule has 31 heavy (non-hydrogen) atoms. The van der Waals surface area contributed by atoms with E-state index in [1.807, 2.05) is 0 Å². The zero-order valence-electron chi connectivity index (χ0n) is 16.1. The number of alkyl halides is 6. The molecule has 0 radical (unpaired) electrons. The molecule has 2 aromatic carbocycles. The summed E-state index contributed by atoms with van der Waals surface area (Å²) < 4.78 is 77.1. The van der Waals surface area contributed by atoms with E-state index < -0.39 is 29.4 Å². The summed E-state index contributed by atoms with van der Waals surface area (Å²) in [6.07, 6.45) is -9.04. The highest BCUT2D eigenvalue weighted by atomic mass is 19.4. The van der Waals surface area contributed by atoms with Crippen molar-refractivity contribution in [1.29, 1.82) is 0 Å². The average molecular weight is 442 g/mol. The maximum absolute atomic E-state index is 12.6. The Morgan fingerprint density at radius 2 is 1.35 bits per heavy atom. The van der Waals surface area contributed by atoms with Crippen LogP contribution in [0.15, 0.2) is 48.5 Å². The number of nitrogens with zero attached hydrogens (tertiary/aromatic N) is 3. The third-order valence-corrected chi connectivity index (χ3v) is 4.50. The predicted molar refractivity (Wildman–Crippen MR) is 99.1 cm³/mol. The molecular formula is C20H16F6N4O. The summed E-state index contributed by atoms with van der Waals surface area (Å²) in [6.45, 7) is 1.77. The lowest BCUT2D eigenvalue weighted by atomic mass is 10.1. The molecule has 1 heterocycles. The van der Waals surface area contributed by atoms with Gasteiger partial charge in [-0.1, -0.05) is 29.5 Å². The Hall–Kier alpha value is -3.37. The van der Waals surface area contributed by atoms with Gasteiger partial charge in [0, 0.05) is 0 Å². The molecule has 0 saturated heterocycles. The van der Waals surface area contributed by atoms with Crippen LogP contribution < -0.4 is 5.32 Å². The number of rotatable bonds is 5. The lowest BCUT2D eigenvalue weighted by molar-refractivity contribution is -0.138. The van der Waals surface area contributed by atoms with Gasteiger partial charge in [-0.15, -0.1) is 5.10 Å². The maximum atomic E-state index is 12.6. The minimum Gasteiger partial charge on any atom is -0.307 e. The van der Waals surface area contributed by atoms with Crippen LogP contribution in [0.5, 0.6) is 0 Å². The molecule has 0 saturated carbocycles. The molecule has 5 nitrogen and oxygen atoms in total. The van der Waals surface area contributed by atoms with E-state index in [2.05, 4.69) is 15.6 Å². The first-order valence-corrected chi connectivity index (χ1v) is 8.95. The Balaban J connectivity index is 1.63. The van der Waals surface area contributed by atoms with E-state index in [0.29, 0.717) is 16.8 Å². The zero-order chi connectivity index (χ0) is 22.8. The van der Waals surface area contributed by atoms with Crippen molar-refractivity contribution in [1.82, 2.24) is 15.0 Å². The number of amides is 1. The van der Waals surface area contributed by atoms with Gasteiger partial charge in [0.2, 0.25) is 5.91 Å². The fourth-order valence-corrected chi connectivity index (χ4v) is 2.77. The fraction of sp³-hybridized carbons (Fsp3) is 0.250. The number of carbonyl (C=O) groups excluding carboxylic acids is 1. The van der Waals surface area contributed by atoms with Gasteiger partial charge in [0.1, 0.15) is 0 Å². The molecule has 3 rings (SSSR count). The second-order valence-corrected chi connectivity index (χ2v) is 6.80. The van der Waals surface area contributed by atoms with Crippen LogP contribution in [0.2, 0.25) is 0 Å². The first-order valence-electron chi connectivity index (χ1n) is 8.95. The highest BCUT2D eigenvalue weighted by Gasteiger charge is 2.30. The van der Waals surface area contributed by atoms with Crippen LogP contribution in [0.4, 0.5) is 32.2 Å². The number of halogens is 6. The largest absolute Gasteiger partial charge is 0.416 e. The molecule has 0 fully saturated rings. The molecule has 1 N–H and O–H groups in total. The number of nitrogens with one attached hydrogen (secondary N) is 1. The predicted octanol–water partition coefficient (Wildman–Crippen LogP) is 4.85. The third kappa shape index (κ3) is 5.62. The Bertz CT molecular complexity index is 1050. The van der Waals surface area contributed by atoms with Crippen molar-refractivity contribution in [3.05, 3.63) is 76.5 Å². The van der Waals surface area contributed by atoms with Crippen LogP contribution >= 0.6 is 0 Å². The van der Waals surface area contributed by atoms with Gasteiger partial charge in [-0.2, -0.15) is 26.3 Å². The Morgan fingerprint density at radius 3 is 1.84 bits per heavy atom. The van der Waals surface area contributed by atoms with Crippen molar-refractivity contribution >= 4 is 11.7 Å². The maximum Gasteiger partial charge on any atom is 0.416 e. The summed E-state index contributed by atoms with van der Waals surface area (Å²) >= 11 is 0. The van der Waals surface area contributed by atoms with E-state index in [1.54, 1.807) is 6.92 Å². The van der Waals surface area contributed by atoms with Crippen molar-refractivity contribution in [3.8, 4) is 0 Å². The Labute approximate surface area is 172 Å². The summed E-state index contributed by atoms with van der Waals surface area (Å²) in [5.74, 6) is -0.340. The summed E-state index contributed by atoms with van der Waals surface area (Å²) in [5.41, 5.74) is -0.147. The summed E-state index contributed by atoms with van der Waals surface area (Å²) in [7, 11) is 0. The molecule has 3 aromatic rings. The van der Waals surface area contributed by atoms with Crippen molar-refractivity contribution in [3.63, 3.8) is 0 Å². The van der Waals surface area contributed by atoms with Crippen LogP contribution in [0.1, 0.15) is 27.9 Å². The summed E-state index contributed by atoms with van der Waals surface area (Å²) in [6, 6.07) is 8.82. The molecule has 0 atom stereocenters. The Kier molecular flexibility index (Phi) is 6.05. The van der Waals surface area contributed by atoms with Gasteiger partial charge in [0.15, 0.2) is 5.82 Å². The number of anilines is 1. The van der Waals surface area contributed by atoms with E-state index in [4.69, 9.17) is 0 Å². The second kappa shape index (κ2) is 8.40. The first kappa shape index (κ1) is 22.3. The van der Waals surface area contributed by atoms with E-state index in [-0.39, 0.29) is 18.8 Å². The van der Waals surface area contributed by atoms with Gasteiger partial charge < -0.3 is 5.32 Å². The molecule has 0 aliphatic heterocycles. The number of hydrogen-bond donors (Lipinski definition) is 1. The minimum absolute atomic E-state index is 0.145. The fourth-order valence-electron chi connectivity index (χ4n) is 2.77. The topological polar surface area (TPSA) is 59.8 Å².